The van der Waals surface area contributed by atoms with Crippen LogP contribution >= 0.6 is 0 Å². The van der Waals surface area contributed by atoms with Crippen molar-refractivity contribution in [1.82, 2.24) is 19.4 Å². The summed E-state index contributed by atoms with van der Waals surface area (Å²) < 4.78 is 2.07. The molecule has 2 fully saturated rings. The number of aromatic nitrogens is 3. The third-order valence-electron chi connectivity index (χ3n) is 5.38. The van der Waals surface area contributed by atoms with Crippen LogP contribution in [0.4, 0.5) is 5.69 Å². The molecule has 0 spiro atoms. The highest BCUT2D eigenvalue weighted by atomic mass is 16.2. The normalized spacial score (nSPS) is 16.5. The topological polar surface area (TPSA) is 80.1 Å². The predicted octanol–water partition coefficient (Wildman–Crippen LogP) is 3.25. The van der Waals surface area contributed by atoms with Gasteiger partial charge in [0.1, 0.15) is 5.52 Å². The van der Waals surface area contributed by atoms with E-state index in [1.165, 1.54) is 0 Å². The molecule has 3 heterocycles. The Morgan fingerprint density at radius 2 is 1.86 bits per heavy atom. The summed E-state index contributed by atoms with van der Waals surface area (Å²) >= 11 is 0. The van der Waals surface area contributed by atoms with E-state index < -0.39 is 0 Å². The predicted molar refractivity (Wildman–Crippen MR) is 105 cm³/mol. The van der Waals surface area contributed by atoms with Gasteiger partial charge in [-0.25, -0.2) is 9.97 Å². The lowest BCUT2D eigenvalue weighted by molar-refractivity contribution is 0.0792. The fourth-order valence-corrected chi connectivity index (χ4v) is 3.70. The number of benzene rings is 1. The Morgan fingerprint density at radius 1 is 1.04 bits per heavy atom. The van der Waals surface area contributed by atoms with Crippen LogP contribution < -0.4 is 5.32 Å². The Labute approximate surface area is 162 Å². The van der Waals surface area contributed by atoms with Gasteiger partial charge in [0.05, 0.1) is 11.9 Å². The maximum absolute atomic E-state index is 12.7. The minimum absolute atomic E-state index is 0.0160. The van der Waals surface area contributed by atoms with E-state index in [-0.39, 0.29) is 11.8 Å². The molecule has 0 bridgehead atoms. The molecule has 1 aliphatic heterocycles. The molecular formula is C21H21N5O2. The van der Waals surface area contributed by atoms with Crippen molar-refractivity contribution < 1.29 is 9.59 Å². The van der Waals surface area contributed by atoms with Crippen molar-refractivity contribution in [2.75, 3.05) is 18.4 Å². The number of imidazole rings is 1. The molecule has 0 atom stereocenters. The van der Waals surface area contributed by atoms with Gasteiger partial charge in [-0.05, 0) is 49.9 Å². The number of nitrogens with one attached hydrogen (secondary N) is 1. The number of carbonyl (C=O) groups excluding carboxylic acids is 2. The number of hydrogen-bond donors (Lipinski definition) is 1. The third kappa shape index (κ3) is 3.13. The summed E-state index contributed by atoms with van der Waals surface area (Å²) in [7, 11) is 0. The van der Waals surface area contributed by atoms with Gasteiger partial charge in [-0.2, -0.15) is 0 Å². The highest BCUT2D eigenvalue weighted by Crippen LogP contribution is 2.36. The summed E-state index contributed by atoms with van der Waals surface area (Å²) in [6.45, 7) is 1.60. The Morgan fingerprint density at radius 3 is 2.64 bits per heavy atom. The number of pyridine rings is 1. The molecule has 2 amide bonds. The molecule has 28 heavy (non-hydrogen) atoms. The van der Waals surface area contributed by atoms with Gasteiger partial charge in [-0.1, -0.05) is 6.07 Å². The fraction of sp³-hybridized carbons (Fsp3) is 0.333. The van der Waals surface area contributed by atoms with Gasteiger partial charge in [0.25, 0.3) is 11.8 Å². The van der Waals surface area contributed by atoms with E-state index >= 15 is 0 Å². The van der Waals surface area contributed by atoms with Crippen LogP contribution in [0.15, 0.2) is 42.9 Å². The number of amides is 2. The standard InChI is InChI=1S/C21H21N5O2/c27-20(15-11-18-19(22-12-15)26(13-23-18)17-6-7-17)24-16-5-3-4-14(10-16)21(28)25-8-1-2-9-25/h3-5,10-13,17H,1-2,6-9H2,(H,24,27). The van der Waals surface area contributed by atoms with Gasteiger partial charge in [0, 0.05) is 36.6 Å². The summed E-state index contributed by atoms with van der Waals surface area (Å²) in [5, 5.41) is 2.87. The molecule has 1 saturated heterocycles. The Balaban J connectivity index is 1.34. The van der Waals surface area contributed by atoms with Crippen molar-refractivity contribution in [2.45, 2.75) is 31.7 Å². The molecule has 3 aromatic rings. The number of nitrogens with zero attached hydrogens (tertiary/aromatic N) is 4. The number of rotatable bonds is 4. The molecule has 1 N–H and O–H groups in total. The molecule has 1 aliphatic carbocycles. The first kappa shape index (κ1) is 16.9. The zero-order valence-electron chi connectivity index (χ0n) is 15.5. The van der Waals surface area contributed by atoms with Crippen molar-refractivity contribution in [3.8, 4) is 0 Å². The van der Waals surface area contributed by atoms with Gasteiger partial charge in [-0.15, -0.1) is 0 Å². The zero-order chi connectivity index (χ0) is 19.1. The van der Waals surface area contributed by atoms with E-state index in [0.29, 0.717) is 22.9 Å². The van der Waals surface area contributed by atoms with Crippen molar-refractivity contribution in [3.63, 3.8) is 0 Å². The lowest BCUT2D eigenvalue weighted by Crippen LogP contribution is -2.27. The van der Waals surface area contributed by atoms with Crippen molar-refractivity contribution in [2.24, 2.45) is 0 Å². The maximum Gasteiger partial charge on any atom is 0.257 e. The highest BCUT2D eigenvalue weighted by molar-refractivity contribution is 6.06. The monoisotopic (exact) mass is 375 g/mol. The van der Waals surface area contributed by atoms with Crippen molar-refractivity contribution >= 4 is 28.7 Å². The molecule has 7 nitrogen and oxygen atoms in total. The van der Waals surface area contributed by atoms with Crippen LogP contribution in [0, 0.1) is 0 Å². The van der Waals surface area contributed by atoms with Crippen LogP contribution in [0.2, 0.25) is 0 Å². The van der Waals surface area contributed by atoms with Gasteiger partial charge < -0.3 is 14.8 Å². The average molecular weight is 375 g/mol. The zero-order valence-corrected chi connectivity index (χ0v) is 15.5. The average Bonchev–Trinajstić information content (AvgIpc) is 3.25. The minimum Gasteiger partial charge on any atom is -0.339 e. The molecule has 2 aliphatic rings. The largest absolute Gasteiger partial charge is 0.339 e. The number of likely N-dealkylation sites (tertiary alicyclic amines) is 1. The number of anilines is 1. The Hall–Kier alpha value is -3.22. The highest BCUT2D eigenvalue weighted by Gasteiger charge is 2.26. The molecule has 1 saturated carbocycles. The molecular weight excluding hydrogens is 354 g/mol. The SMILES string of the molecule is O=C(Nc1cccc(C(=O)N2CCCC2)c1)c1cnc2c(c1)ncn2C1CC1. The molecule has 0 unspecified atom stereocenters. The molecule has 142 valence electrons. The summed E-state index contributed by atoms with van der Waals surface area (Å²) in [4.78, 5) is 35.9. The van der Waals surface area contributed by atoms with Crippen molar-refractivity contribution in [1.29, 1.82) is 0 Å². The van der Waals surface area contributed by atoms with Gasteiger partial charge in [-0.3, -0.25) is 9.59 Å². The van der Waals surface area contributed by atoms with E-state index in [1.807, 2.05) is 4.90 Å². The Kier molecular flexibility index (Phi) is 4.07. The van der Waals surface area contributed by atoms with Gasteiger partial charge >= 0.3 is 0 Å². The quantitative estimate of drug-likeness (QED) is 0.759. The third-order valence-corrected chi connectivity index (χ3v) is 5.38. The van der Waals surface area contributed by atoms with E-state index in [4.69, 9.17) is 0 Å². The molecule has 0 radical (unpaired) electrons. The van der Waals surface area contributed by atoms with E-state index in [9.17, 15) is 9.59 Å². The van der Waals surface area contributed by atoms with Crippen molar-refractivity contribution in [3.05, 3.63) is 54.0 Å². The number of hydrogen-bond acceptors (Lipinski definition) is 4. The second kappa shape index (κ2) is 6.74. The first-order valence-electron chi connectivity index (χ1n) is 9.72. The van der Waals surface area contributed by atoms with E-state index in [2.05, 4.69) is 19.9 Å². The van der Waals surface area contributed by atoms with Crippen LogP contribution in [0.5, 0.6) is 0 Å². The number of fused-ring (bicyclic) bond motifs is 1. The van der Waals surface area contributed by atoms with E-state index in [1.54, 1.807) is 42.9 Å². The first-order chi connectivity index (χ1) is 13.7. The summed E-state index contributed by atoms with van der Waals surface area (Å²) in [6, 6.07) is 9.34. The lowest BCUT2D eigenvalue weighted by atomic mass is 10.1. The maximum atomic E-state index is 12.7. The minimum atomic E-state index is -0.263. The van der Waals surface area contributed by atoms with Crippen LogP contribution in [-0.2, 0) is 0 Å². The second-order valence-electron chi connectivity index (χ2n) is 7.48. The van der Waals surface area contributed by atoms with Crippen LogP contribution in [0.1, 0.15) is 52.4 Å². The van der Waals surface area contributed by atoms with Crippen LogP contribution in [0.25, 0.3) is 11.2 Å². The first-order valence-corrected chi connectivity index (χ1v) is 9.72. The van der Waals surface area contributed by atoms with E-state index in [0.717, 1.165) is 49.9 Å². The van der Waals surface area contributed by atoms with Crippen LogP contribution in [0.3, 0.4) is 0 Å². The smallest absolute Gasteiger partial charge is 0.257 e. The lowest BCUT2D eigenvalue weighted by Gasteiger charge is -2.15. The Bertz CT molecular complexity index is 1060. The van der Waals surface area contributed by atoms with Crippen LogP contribution in [-0.4, -0.2) is 44.3 Å². The molecule has 7 heteroatoms. The molecule has 2 aromatic heterocycles. The molecule has 5 rings (SSSR count). The fourth-order valence-electron chi connectivity index (χ4n) is 3.70. The molecule has 1 aromatic carbocycles. The number of carbonyl (C=O) groups is 2. The summed E-state index contributed by atoms with van der Waals surface area (Å²) in [6.07, 6.45) is 7.79. The summed E-state index contributed by atoms with van der Waals surface area (Å²) in [5.74, 6) is -0.247. The summed E-state index contributed by atoms with van der Waals surface area (Å²) in [5.41, 5.74) is 3.18. The van der Waals surface area contributed by atoms with Gasteiger partial charge in [0.2, 0.25) is 0 Å². The second-order valence-corrected chi connectivity index (χ2v) is 7.48. The van der Waals surface area contributed by atoms with Gasteiger partial charge in [0.15, 0.2) is 5.65 Å².